The largest absolute Gasteiger partial charge is 0.381 e. The van der Waals surface area contributed by atoms with Gasteiger partial charge in [-0.1, -0.05) is 13.3 Å². The number of carbonyl (C=O) groups is 1. The summed E-state index contributed by atoms with van der Waals surface area (Å²) in [6.07, 6.45) is 6.12. The van der Waals surface area contributed by atoms with Gasteiger partial charge in [0, 0.05) is 19.1 Å². The molecule has 3 nitrogen and oxygen atoms in total. The maximum absolute atomic E-state index is 12.8. The van der Waals surface area contributed by atoms with Crippen LogP contribution in [0.4, 0.5) is 0 Å². The Kier molecular flexibility index (Phi) is 4.79. The summed E-state index contributed by atoms with van der Waals surface area (Å²) in [5.41, 5.74) is -0.502. The highest BCUT2D eigenvalue weighted by Crippen LogP contribution is 2.38. The van der Waals surface area contributed by atoms with Crippen molar-refractivity contribution in [2.75, 3.05) is 19.8 Å². The van der Waals surface area contributed by atoms with E-state index in [1.165, 1.54) is 6.42 Å². The first-order valence-electron chi connectivity index (χ1n) is 7.44. The van der Waals surface area contributed by atoms with Crippen molar-refractivity contribution >= 4 is 5.78 Å². The van der Waals surface area contributed by atoms with Gasteiger partial charge in [0.05, 0.1) is 6.61 Å². The van der Waals surface area contributed by atoms with Crippen molar-refractivity contribution in [2.24, 2.45) is 11.8 Å². The van der Waals surface area contributed by atoms with Crippen molar-refractivity contribution in [2.45, 2.75) is 58.0 Å². The second-order valence-corrected chi connectivity index (χ2v) is 5.91. The molecule has 0 aromatic carbocycles. The molecule has 1 heterocycles. The molecule has 0 aromatic rings. The van der Waals surface area contributed by atoms with E-state index in [1.54, 1.807) is 0 Å². The van der Waals surface area contributed by atoms with E-state index in [2.05, 4.69) is 6.92 Å². The number of ketones is 1. The molecule has 3 unspecified atom stereocenters. The van der Waals surface area contributed by atoms with E-state index in [-0.39, 0.29) is 5.92 Å². The van der Waals surface area contributed by atoms with Gasteiger partial charge in [-0.2, -0.15) is 0 Å². The van der Waals surface area contributed by atoms with Crippen molar-refractivity contribution in [3.63, 3.8) is 0 Å². The van der Waals surface area contributed by atoms with Gasteiger partial charge in [0.1, 0.15) is 5.60 Å². The molecular weight excluding hydrogens is 228 g/mol. The summed E-state index contributed by atoms with van der Waals surface area (Å²) >= 11 is 0. The fourth-order valence-corrected chi connectivity index (χ4v) is 3.52. The molecule has 18 heavy (non-hydrogen) atoms. The van der Waals surface area contributed by atoms with Crippen LogP contribution in [0.15, 0.2) is 0 Å². The molecule has 2 rings (SSSR count). The van der Waals surface area contributed by atoms with Gasteiger partial charge < -0.3 is 9.47 Å². The fraction of sp³-hybridized carbons (Fsp3) is 0.933. The highest BCUT2D eigenvalue weighted by molar-refractivity contribution is 5.89. The smallest absolute Gasteiger partial charge is 0.169 e. The number of hydrogen-bond donors (Lipinski definition) is 0. The minimum atomic E-state index is -0.502. The maximum Gasteiger partial charge on any atom is 0.169 e. The van der Waals surface area contributed by atoms with Crippen LogP contribution >= 0.6 is 0 Å². The Labute approximate surface area is 110 Å². The van der Waals surface area contributed by atoms with E-state index in [0.717, 1.165) is 38.7 Å². The molecular formula is C15H26O3. The van der Waals surface area contributed by atoms with E-state index >= 15 is 0 Å². The summed E-state index contributed by atoms with van der Waals surface area (Å²) in [4.78, 5) is 12.8. The van der Waals surface area contributed by atoms with Gasteiger partial charge in [0.15, 0.2) is 5.78 Å². The zero-order chi connectivity index (χ0) is 13.0. The average molecular weight is 254 g/mol. The van der Waals surface area contributed by atoms with Gasteiger partial charge in [-0.25, -0.2) is 0 Å². The normalized spacial score (nSPS) is 37.4. The van der Waals surface area contributed by atoms with Crippen LogP contribution in [-0.2, 0) is 14.3 Å². The van der Waals surface area contributed by atoms with Crippen LogP contribution in [0, 0.1) is 11.8 Å². The van der Waals surface area contributed by atoms with Crippen molar-refractivity contribution in [3.8, 4) is 0 Å². The molecule has 1 saturated heterocycles. The highest BCUT2D eigenvalue weighted by atomic mass is 16.5. The van der Waals surface area contributed by atoms with Crippen LogP contribution in [0.5, 0.6) is 0 Å². The van der Waals surface area contributed by atoms with Crippen LogP contribution in [0.3, 0.4) is 0 Å². The molecule has 1 aliphatic carbocycles. The lowest BCUT2D eigenvalue weighted by Gasteiger charge is -2.41. The second kappa shape index (κ2) is 6.16. The Bertz CT molecular complexity index is 279. The van der Waals surface area contributed by atoms with E-state index < -0.39 is 5.60 Å². The van der Waals surface area contributed by atoms with Crippen molar-refractivity contribution in [1.82, 2.24) is 0 Å². The molecule has 0 radical (unpaired) electrons. The zero-order valence-electron chi connectivity index (χ0n) is 11.7. The van der Waals surface area contributed by atoms with Crippen LogP contribution in [0.2, 0.25) is 0 Å². The topological polar surface area (TPSA) is 35.5 Å². The van der Waals surface area contributed by atoms with Gasteiger partial charge in [0.25, 0.3) is 0 Å². The Morgan fingerprint density at radius 3 is 2.83 bits per heavy atom. The fourth-order valence-electron chi connectivity index (χ4n) is 3.52. The minimum absolute atomic E-state index is 0.0654. The molecule has 2 aliphatic rings. The Hall–Kier alpha value is -0.410. The summed E-state index contributed by atoms with van der Waals surface area (Å²) in [5, 5.41) is 0. The molecule has 0 spiro atoms. The molecule has 2 fully saturated rings. The quantitative estimate of drug-likeness (QED) is 0.773. The lowest BCUT2D eigenvalue weighted by Crippen LogP contribution is -2.49. The van der Waals surface area contributed by atoms with Gasteiger partial charge in [-0.3, -0.25) is 4.79 Å². The van der Waals surface area contributed by atoms with E-state index in [1.807, 2.05) is 6.92 Å². The zero-order valence-corrected chi connectivity index (χ0v) is 11.7. The lowest BCUT2D eigenvalue weighted by molar-refractivity contribution is -0.159. The third-order valence-electron chi connectivity index (χ3n) is 4.36. The van der Waals surface area contributed by atoms with Crippen molar-refractivity contribution < 1.29 is 14.3 Å². The van der Waals surface area contributed by atoms with Crippen LogP contribution in [0.25, 0.3) is 0 Å². The van der Waals surface area contributed by atoms with E-state index in [4.69, 9.17) is 9.47 Å². The van der Waals surface area contributed by atoms with Gasteiger partial charge in [-0.15, -0.1) is 0 Å². The van der Waals surface area contributed by atoms with Crippen LogP contribution in [0.1, 0.15) is 52.4 Å². The second-order valence-electron chi connectivity index (χ2n) is 5.91. The monoisotopic (exact) mass is 254 g/mol. The average Bonchev–Trinajstić information content (AvgIpc) is 2.39. The van der Waals surface area contributed by atoms with E-state index in [9.17, 15) is 4.79 Å². The number of ether oxygens (including phenoxy) is 2. The summed E-state index contributed by atoms with van der Waals surface area (Å²) in [5.74, 6) is 0.977. The first-order valence-corrected chi connectivity index (χ1v) is 7.44. The molecule has 3 atom stereocenters. The van der Waals surface area contributed by atoms with E-state index in [0.29, 0.717) is 24.9 Å². The predicted octanol–water partition coefficient (Wildman–Crippen LogP) is 2.97. The van der Waals surface area contributed by atoms with Crippen LogP contribution in [-0.4, -0.2) is 31.2 Å². The number of rotatable bonds is 4. The third-order valence-corrected chi connectivity index (χ3v) is 4.36. The van der Waals surface area contributed by atoms with Crippen molar-refractivity contribution in [1.29, 1.82) is 0 Å². The summed E-state index contributed by atoms with van der Waals surface area (Å²) in [6.45, 7) is 6.26. The standard InChI is InChI=1S/C15H26O3/c1-3-18-15(8-4-6-12(2)10-15)14(16)13-7-5-9-17-11-13/h12-13H,3-11H2,1-2H3. The van der Waals surface area contributed by atoms with Crippen LogP contribution < -0.4 is 0 Å². The summed E-state index contributed by atoms with van der Waals surface area (Å²) < 4.78 is 11.4. The maximum atomic E-state index is 12.8. The molecule has 1 aliphatic heterocycles. The molecule has 0 aromatic heterocycles. The highest BCUT2D eigenvalue weighted by Gasteiger charge is 2.45. The number of carbonyl (C=O) groups excluding carboxylic acids is 1. The molecule has 0 N–H and O–H groups in total. The number of Topliss-reactive ketones (excluding diaryl/α,β-unsaturated/α-hetero) is 1. The Morgan fingerprint density at radius 1 is 1.39 bits per heavy atom. The summed E-state index contributed by atoms with van der Waals surface area (Å²) in [7, 11) is 0. The molecule has 104 valence electrons. The van der Waals surface area contributed by atoms with Gasteiger partial charge >= 0.3 is 0 Å². The molecule has 1 saturated carbocycles. The predicted molar refractivity (Wildman–Crippen MR) is 70.5 cm³/mol. The molecule has 3 heteroatoms. The minimum Gasteiger partial charge on any atom is -0.381 e. The Morgan fingerprint density at radius 2 is 2.22 bits per heavy atom. The Balaban J connectivity index is 2.09. The molecule has 0 amide bonds. The lowest BCUT2D eigenvalue weighted by atomic mass is 9.72. The third kappa shape index (κ3) is 2.94. The van der Waals surface area contributed by atoms with Gasteiger partial charge in [0.2, 0.25) is 0 Å². The summed E-state index contributed by atoms with van der Waals surface area (Å²) in [6, 6.07) is 0. The number of hydrogen-bond acceptors (Lipinski definition) is 3. The van der Waals surface area contributed by atoms with Gasteiger partial charge in [-0.05, 0) is 44.9 Å². The first kappa shape index (κ1) is 14.0. The molecule has 0 bridgehead atoms. The van der Waals surface area contributed by atoms with Crippen molar-refractivity contribution in [3.05, 3.63) is 0 Å². The first-order chi connectivity index (χ1) is 8.68. The SMILES string of the molecule is CCOC1(C(=O)C2CCCOC2)CCCC(C)C1.